The Bertz CT molecular complexity index is 1170. The fourth-order valence-electron chi connectivity index (χ4n) is 4.69. The molecule has 1 aliphatic rings. The minimum absolute atomic E-state index is 0.0227. The van der Waals surface area contributed by atoms with E-state index in [4.69, 9.17) is 4.42 Å². The molecule has 0 saturated carbocycles. The van der Waals surface area contributed by atoms with Gasteiger partial charge in [0.15, 0.2) is 5.76 Å². The highest BCUT2D eigenvalue weighted by Gasteiger charge is 2.37. The van der Waals surface area contributed by atoms with Crippen molar-refractivity contribution in [2.24, 2.45) is 0 Å². The Morgan fingerprint density at radius 3 is 2.31 bits per heavy atom. The minimum atomic E-state index is -0.0947. The molecule has 160 valence electrons. The van der Waals surface area contributed by atoms with E-state index in [1.54, 1.807) is 18.4 Å². The van der Waals surface area contributed by atoms with E-state index in [-0.39, 0.29) is 18.0 Å². The highest BCUT2D eigenvalue weighted by atomic mass is 16.3. The van der Waals surface area contributed by atoms with Crippen LogP contribution in [-0.2, 0) is 6.54 Å². The SMILES string of the molecule is CC1CC(N(Cc2ccccc2)c2ccccc2)c2ccccc2N1C(=O)c1ccco1. The number of amides is 1. The lowest BCUT2D eigenvalue weighted by Gasteiger charge is -2.44. The number of carbonyl (C=O) groups excluding carboxylic acids is 1. The molecule has 3 aromatic carbocycles. The van der Waals surface area contributed by atoms with Crippen LogP contribution >= 0.6 is 0 Å². The Morgan fingerprint density at radius 2 is 1.59 bits per heavy atom. The van der Waals surface area contributed by atoms with Crippen LogP contribution in [0.2, 0.25) is 0 Å². The van der Waals surface area contributed by atoms with Gasteiger partial charge in [0.2, 0.25) is 0 Å². The van der Waals surface area contributed by atoms with E-state index >= 15 is 0 Å². The Kier molecular flexibility index (Phi) is 5.51. The van der Waals surface area contributed by atoms with Crippen molar-refractivity contribution in [1.29, 1.82) is 0 Å². The van der Waals surface area contributed by atoms with Crippen LogP contribution < -0.4 is 9.80 Å². The van der Waals surface area contributed by atoms with Gasteiger partial charge in [-0.1, -0.05) is 66.7 Å². The molecule has 0 saturated heterocycles. The molecule has 0 radical (unpaired) electrons. The summed E-state index contributed by atoms with van der Waals surface area (Å²) in [6.07, 6.45) is 2.37. The third kappa shape index (κ3) is 3.80. The van der Waals surface area contributed by atoms with E-state index in [9.17, 15) is 4.79 Å². The Balaban J connectivity index is 1.57. The monoisotopic (exact) mass is 422 g/mol. The smallest absolute Gasteiger partial charge is 0.294 e. The fraction of sp³-hybridized carbons (Fsp3) is 0.179. The molecule has 2 heterocycles. The van der Waals surface area contributed by atoms with Crippen LogP contribution in [0.25, 0.3) is 0 Å². The molecule has 2 unspecified atom stereocenters. The van der Waals surface area contributed by atoms with Crippen LogP contribution in [0.5, 0.6) is 0 Å². The van der Waals surface area contributed by atoms with E-state index in [0.717, 1.165) is 24.2 Å². The maximum Gasteiger partial charge on any atom is 0.294 e. The first kappa shape index (κ1) is 20.1. The first-order chi connectivity index (χ1) is 15.7. The average molecular weight is 423 g/mol. The minimum Gasteiger partial charge on any atom is -0.459 e. The van der Waals surface area contributed by atoms with Crippen molar-refractivity contribution >= 4 is 17.3 Å². The Hall–Kier alpha value is -3.79. The quantitative estimate of drug-likeness (QED) is 0.370. The molecule has 2 atom stereocenters. The predicted molar refractivity (Wildman–Crippen MR) is 128 cm³/mol. The second-order valence-electron chi connectivity index (χ2n) is 8.26. The maximum atomic E-state index is 13.3. The van der Waals surface area contributed by atoms with Crippen LogP contribution in [0.4, 0.5) is 11.4 Å². The molecule has 4 heteroatoms. The zero-order valence-electron chi connectivity index (χ0n) is 18.1. The topological polar surface area (TPSA) is 36.7 Å². The van der Waals surface area contributed by atoms with E-state index in [0.29, 0.717) is 5.76 Å². The molecule has 4 nitrogen and oxygen atoms in total. The summed E-state index contributed by atoms with van der Waals surface area (Å²) in [6, 6.07) is 33.0. The number of para-hydroxylation sites is 2. The van der Waals surface area contributed by atoms with Gasteiger partial charge >= 0.3 is 0 Å². The lowest BCUT2D eigenvalue weighted by atomic mass is 9.89. The summed E-state index contributed by atoms with van der Waals surface area (Å²) in [5.74, 6) is 0.275. The summed E-state index contributed by atoms with van der Waals surface area (Å²) in [5, 5.41) is 0. The van der Waals surface area contributed by atoms with Crippen molar-refractivity contribution in [1.82, 2.24) is 0 Å². The second kappa shape index (κ2) is 8.75. The summed E-state index contributed by atoms with van der Waals surface area (Å²) >= 11 is 0. The number of hydrogen-bond acceptors (Lipinski definition) is 3. The molecular formula is C28H26N2O2. The highest BCUT2D eigenvalue weighted by Crippen LogP contribution is 2.43. The maximum absolute atomic E-state index is 13.3. The van der Waals surface area contributed by atoms with Gasteiger partial charge in [0.05, 0.1) is 12.3 Å². The highest BCUT2D eigenvalue weighted by molar-refractivity contribution is 6.05. The van der Waals surface area contributed by atoms with Crippen molar-refractivity contribution in [2.75, 3.05) is 9.80 Å². The van der Waals surface area contributed by atoms with Gasteiger partial charge in [0.25, 0.3) is 5.91 Å². The predicted octanol–water partition coefficient (Wildman–Crippen LogP) is 6.47. The molecule has 5 rings (SSSR count). The van der Waals surface area contributed by atoms with E-state index in [2.05, 4.69) is 72.5 Å². The van der Waals surface area contributed by atoms with E-state index < -0.39 is 0 Å². The van der Waals surface area contributed by atoms with Crippen LogP contribution in [0.1, 0.15) is 41.1 Å². The third-order valence-corrected chi connectivity index (χ3v) is 6.17. The number of hydrogen-bond donors (Lipinski definition) is 0. The lowest BCUT2D eigenvalue weighted by Crippen LogP contribution is -2.46. The summed E-state index contributed by atoms with van der Waals surface area (Å²) in [6.45, 7) is 2.91. The lowest BCUT2D eigenvalue weighted by molar-refractivity contribution is 0.0946. The standard InChI is InChI=1S/C28H26N2O2/c1-21-19-26(29(23-13-6-3-7-14-23)20-22-11-4-2-5-12-22)24-15-8-9-16-25(24)30(21)28(31)27-17-10-18-32-27/h2-18,21,26H,19-20H2,1H3. The summed E-state index contributed by atoms with van der Waals surface area (Å²) < 4.78 is 5.43. The molecular weight excluding hydrogens is 396 g/mol. The zero-order chi connectivity index (χ0) is 21.9. The zero-order valence-corrected chi connectivity index (χ0v) is 18.1. The van der Waals surface area contributed by atoms with Crippen molar-refractivity contribution in [2.45, 2.75) is 32.0 Å². The van der Waals surface area contributed by atoms with Crippen molar-refractivity contribution in [3.05, 3.63) is 120 Å². The molecule has 1 aromatic heterocycles. The average Bonchev–Trinajstić information content (AvgIpc) is 3.38. The van der Waals surface area contributed by atoms with Crippen LogP contribution in [0.15, 0.2) is 108 Å². The molecule has 0 N–H and O–H groups in total. The van der Waals surface area contributed by atoms with Gasteiger partial charge in [0, 0.05) is 24.0 Å². The number of furan rings is 1. The van der Waals surface area contributed by atoms with Gasteiger partial charge in [-0.2, -0.15) is 0 Å². The van der Waals surface area contributed by atoms with Gasteiger partial charge in [-0.05, 0) is 54.8 Å². The van der Waals surface area contributed by atoms with Crippen LogP contribution in [0.3, 0.4) is 0 Å². The van der Waals surface area contributed by atoms with Gasteiger partial charge in [-0.25, -0.2) is 0 Å². The van der Waals surface area contributed by atoms with Crippen LogP contribution in [0, 0.1) is 0 Å². The van der Waals surface area contributed by atoms with E-state index in [1.807, 2.05) is 29.2 Å². The number of nitrogens with zero attached hydrogens (tertiary/aromatic N) is 2. The first-order valence-electron chi connectivity index (χ1n) is 11.0. The van der Waals surface area contributed by atoms with Gasteiger partial charge < -0.3 is 14.2 Å². The largest absolute Gasteiger partial charge is 0.459 e. The molecule has 0 aliphatic carbocycles. The van der Waals surface area contributed by atoms with Gasteiger partial charge in [0.1, 0.15) is 0 Å². The molecule has 1 amide bonds. The number of anilines is 2. The molecule has 0 fully saturated rings. The molecule has 1 aliphatic heterocycles. The number of benzene rings is 3. The van der Waals surface area contributed by atoms with Crippen LogP contribution in [-0.4, -0.2) is 11.9 Å². The number of fused-ring (bicyclic) bond motifs is 1. The number of carbonyl (C=O) groups is 1. The second-order valence-corrected chi connectivity index (χ2v) is 8.26. The summed E-state index contributed by atoms with van der Waals surface area (Å²) in [7, 11) is 0. The summed E-state index contributed by atoms with van der Waals surface area (Å²) in [5.41, 5.74) is 4.54. The molecule has 0 bridgehead atoms. The first-order valence-corrected chi connectivity index (χ1v) is 11.0. The Labute approximate surface area is 188 Å². The fourth-order valence-corrected chi connectivity index (χ4v) is 4.69. The number of rotatable bonds is 5. The molecule has 32 heavy (non-hydrogen) atoms. The molecule has 4 aromatic rings. The normalized spacial score (nSPS) is 17.6. The Morgan fingerprint density at radius 1 is 0.906 bits per heavy atom. The van der Waals surface area contributed by atoms with Crippen molar-refractivity contribution in [3.63, 3.8) is 0 Å². The third-order valence-electron chi connectivity index (χ3n) is 6.17. The van der Waals surface area contributed by atoms with E-state index in [1.165, 1.54) is 11.3 Å². The van der Waals surface area contributed by atoms with Gasteiger partial charge in [-0.3, -0.25) is 4.79 Å². The van der Waals surface area contributed by atoms with Crippen molar-refractivity contribution < 1.29 is 9.21 Å². The van der Waals surface area contributed by atoms with Crippen molar-refractivity contribution in [3.8, 4) is 0 Å². The van der Waals surface area contributed by atoms with Gasteiger partial charge in [-0.15, -0.1) is 0 Å². The molecule has 0 spiro atoms. The summed E-state index contributed by atoms with van der Waals surface area (Å²) in [4.78, 5) is 17.6.